The zero-order valence-corrected chi connectivity index (χ0v) is 8.13. The fourth-order valence-electron chi connectivity index (χ4n) is 0.782. The zero-order valence-electron chi connectivity index (χ0n) is 7.37. The van der Waals surface area contributed by atoms with Gasteiger partial charge >= 0.3 is 0 Å². The van der Waals surface area contributed by atoms with Crippen molar-refractivity contribution in [1.29, 1.82) is 0 Å². The molecular weight excluding hydrogens is 176 g/mol. The number of aryl methyl sites for hydroxylation is 1. The summed E-state index contributed by atoms with van der Waals surface area (Å²) in [6.45, 7) is 1.82. The molecule has 12 heavy (non-hydrogen) atoms. The molecule has 0 aliphatic rings. The number of hydrogen-bond donors (Lipinski definition) is 0. The normalized spacial score (nSPS) is 10.0. The number of aromatic nitrogens is 3. The summed E-state index contributed by atoms with van der Waals surface area (Å²) in [7, 11) is 3.76. The van der Waals surface area contributed by atoms with Crippen LogP contribution in [0.15, 0.2) is 0 Å². The van der Waals surface area contributed by atoms with Gasteiger partial charge in [-0.25, -0.2) is 4.98 Å². The highest BCUT2D eigenvalue weighted by molar-refractivity contribution is 6.16. The van der Waals surface area contributed by atoms with E-state index in [1.807, 2.05) is 25.9 Å². The van der Waals surface area contributed by atoms with Crippen molar-refractivity contribution in [3.63, 3.8) is 0 Å². The molecule has 0 saturated carbocycles. The molecule has 0 aliphatic heterocycles. The Morgan fingerprint density at radius 1 is 1.25 bits per heavy atom. The lowest BCUT2D eigenvalue weighted by atomic mass is 10.6. The van der Waals surface area contributed by atoms with Crippen molar-refractivity contribution in [3.05, 3.63) is 11.6 Å². The molecule has 5 heteroatoms. The van der Waals surface area contributed by atoms with Gasteiger partial charge < -0.3 is 4.90 Å². The molecule has 66 valence electrons. The third kappa shape index (κ3) is 2.04. The Bertz CT molecular complexity index is 274. The highest BCUT2D eigenvalue weighted by atomic mass is 35.5. The van der Waals surface area contributed by atoms with Gasteiger partial charge in [0.1, 0.15) is 11.6 Å². The van der Waals surface area contributed by atoms with Crippen molar-refractivity contribution < 1.29 is 0 Å². The molecule has 0 fully saturated rings. The van der Waals surface area contributed by atoms with E-state index >= 15 is 0 Å². The highest BCUT2D eigenvalue weighted by Crippen LogP contribution is 2.05. The van der Waals surface area contributed by atoms with Gasteiger partial charge in [-0.15, -0.1) is 11.6 Å². The number of halogens is 1. The van der Waals surface area contributed by atoms with Gasteiger partial charge in [0, 0.05) is 14.1 Å². The van der Waals surface area contributed by atoms with Crippen LogP contribution in [0.5, 0.6) is 0 Å². The predicted octanol–water partition coefficient (Wildman–Crippen LogP) is 0.985. The van der Waals surface area contributed by atoms with E-state index in [1.165, 1.54) is 0 Å². The average molecular weight is 187 g/mol. The maximum Gasteiger partial charge on any atom is 0.228 e. The van der Waals surface area contributed by atoms with Crippen molar-refractivity contribution in [3.8, 4) is 0 Å². The van der Waals surface area contributed by atoms with Crippen LogP contribution in [0.4, 0.5) is 5.95 Å². The van der Waals surface area contributed by atoms with E-state index in [-0.39, 0.29) is 0 Å². The minimum absolute atomic E-state index is 0.324. The van der Waals surface area contributed by atoms with Gasteiger partial charge in [-0.2, -0.15) is 9.97 Å². The van der Waals surface area contributed by atoms with Crippen molar-refractivity contribution in [2.45, 2.75) is 12.8 Å². The van der Waals surface area contributed by atoms with Crippen LogP contribution < -0.4 is 4.90 Å². The molecule has 1 rings (SSSR count). The molecule has 0 N–H and O–H groups in total. The molecule has 1 heterocycles. The smallest absolute Gasteiger partial charge is 0.228 e. The summed E-state index contributed by atoms with van der Waals surface area (Å²) in [5.74, 6) is 2.29. The molecule has 0 radical (unpaired) electrons. The maximum atomic E-state index is 5.60. The quantitative estimate of drug-likeness (QED) is 0.646. The summed E-state index contributed by atoms with van der Waals surface area (Å²) >= 11 is 5.60. The van der Waals surface area contributed by atoms with E-state index in [4.69, 9.17) is 11.6 Å². The first-order chi connectivity index (χ1) is 5.63. The third-order valence-corrected chi connectivity index (χ3v) is 1.54. The number of hydrogen-bond acceptors (Lipinski definition) is 4. The largest absolute Gasteiger partial charge is 0.347 e. The van der Waals surface area contributed by atoms with Crippen LogP contribution in [0.25, 0.3) is 0 Å². The van der Waals surface area contributed by atoms with E-state index in [2.05, 4.69) is 15.0 Å². The van der Waals surface area contributed by atoms with Crippen LogP contribution in [0.3, 0.4) is 0 Å². The third-order valence-electron chi connectivity index (χ3n) is 1.30. The van der Waals surface area contributed by atoms with Gasteiger partial charge in [0.15, 0.2) is 0 Å². The van der Waals surface area contributed by atoms with Gasteiger partial charge in [0.2, 0.25) is 5.95 Å². The minimum Gasteiger partial charge on any atom is -0.347 e. The zero-order chi connectivity index (χ0) is 9.14. The van der Waals surface area contributed by atoms with Gasteiger partial charge in [-0.05, 0) is 6.92 Å². The molecular formula is C7H11ClN4. The van der Waals surface area contributed by atoms with E-state index in [0.717, 1.165) is 0 Å². The summed E-state index contributed by atoms with van der Waals surface area (Å²) in [5, 5.41) is 0. The molecule has 0 bridgehead atoms. The van der Waals surface area contributed by atoms with Crippen molar-refractivity contribution in [2.24, 2.45) is 0 Å². The lowest BCUT2D eigenvalue weighted by molar-refractivity contribution is 0.872. The van der Waals surface area contributed by atoms with Crippen LogP contribution in [-0.2, 0) is 5.88 Å². The standard InChI is InChI=1S/C7H11ClN4/c1-5-9-6(4-8)11-7(10-5)12(2)3/h4H2,1-3H3. The van der Waals surface area contributed by atoms with E-state index in [0.29, 0.717) is 23.5 Å². The lowest BCUT2D eigenvalue weighted by Crippen LogP contribution is -2.15. The summed E-state index contributed by atoms with van der Waals surface area (Å²) in [6, 6.07) is 0. The summed E-state index contributed by atoms with van der Waals surface area (Å²) in [5.41, 5.74) is 0. The monoisotopic (exact) mass is 186 g/mol. The summed E-state index contributed by atoms with van der Waals surface area (Å²) in [4.78, 5) is 14.1. The van der Waals surface area contributed by atoms with E-state index in [9.17, 15) is 0 Å². The fraction of sp³-hybridized carbons (Fsp3) is 0.571. The molecule has 0 saturated heterocycles. The van der Waals surface area contributed by atoms with Crippen molar-refractivity contribution in [1.82, 2.24) is 15.0 Å². The minimum atomic E-state index is 0.324. The second-order valence-corrected chi connectivity index (χ2v) is 2.89. The highest BCUT2D eigenvalue weighted by Gasteiger charge is 2.03. The van der Waals surface area contributed by atoms with Crippen LogP contribution in [0, 0.1) is 6.92 Å². The Labute approximate surface area is 76.6 Å². The molecule has 0 aliphatic carbocycles. The Hall–Kier alpha value is -0.900. The number of alkyl halides is 1. The van der Waals surface area contributed by atoms with E-state index in [1.54, 1.807) is 0 Å². The maximum absolute atomic E-state index is 5.60. The Morgan fingerprint density at radius 3 is 2.42 bits per heavy atom. The molecule has 0 atom stereocenters. The molecule has 0 spiro atoms. The SMILES string of the molecule is Cc1nc(CCl)nc(N(C)C)n1. The first-order valence-corrected chi connectivity index (χ1v) is 4.12. The topological polar surface area (TPSA) is 41.9 Å². The summed E-state index contributed by atoms with van der Waals surface area (Å²) < 4.78 is 0. The lowest BCUT2D eigenvalue weighted by Gasteiger charge is -2.10. The Kier molecular flexibility index (Phi) is 2.81. The number of rotatable bonds is 2. The molecule has 1 aromatic rings. The number of anilines is 1. The average Bonchev–Trinajstić information content (AvgIpc) is 2.03. The molecule has 1 aromatic heterocycles. The predicted molar refractivity (Wildman–Crippen MR) is 48.4 cm³/mol. The molecule has 4 nitrogen and oxygen atoms in total. The van der Waals surface area contributed by atoms with Crippen LogP contribution in [0.1, 0.15) is 11.6 Å². The first-order valence-electron chi connectivity index (χ1n) is 3.58. The van der Waals surface area contributed by atoms with Gasteiger partial charge in [-0.1, -0.05) is 0 Å². The first kappa shape index (κ1) is 9.19. The fourth-order valence-corrected chi connectivity index (χ4v) is 0.901. The van der Waals surface area contributed by atoms with Gasteiger partial charge in [0.05, 0.1) is 5.88 Å². The van der Waals surface area contributed by atoms with E-state index < -0.39 is 0 Å². The second kappa shape index (κ2) is 3.67. The van der Waals surface area contributed by atoms with Crippen molar-refractivity contribution >= 4 is 17.5 Å². The second-order valence-electron chi connectivity index (χ2n) is 2.63. The Balaban J connectivity index is 3.06. The molecule has 0 unspecified atom stereocenters. The van der Waals surface area contributed by atoms with Gasteiger partial charge in [0.25, 0.3) is 0 Å². The van der Waals surface area contributed by atoms with Crippen LogP contribution in [-0.4, -0.2) is 29.0 Å². The number of nitrogens with zero attached hydrogens (tertiary/aromatic N) is 4. The molecule has 0 amide bonds. The van der Waals surface area contributed by atoms with Crippen LogP contribution in [0.2, 0.25) is 0 Å². The van der Waals surface area contributed by atoms with Gasteiger partial charge in [-0.3, -0.25) is 0 Å². The van der Waals surface area contributed by atoms with Crippen LogP contribution >= 0.6 is 11.6 Å². The summed E-state index contributed by atoms with van der Waals surface area (Å²) in [6.07, 6.45) is 0. The van der Waals surface area contributed by atoms with Crippen molar-refractivity contribution in [2.75, 3.05) is 19.0 Å². The molecule has 0 aromatic carbocycles. The Morgan fingerprint density at radius 2 is 1.92 bits per heavy atom.